The number of nitrogens with zero attached hydrogens (tertiary/aromatic N) is 3. The number of aromatic nitrogens is 2. The van der Waals surface area contributed by atoms with Gasteiger partial charge in [0.15, 0.2) is 12.2 Å². The van der Waals surface area contributed by atoms with Gasteiger partial charge in [-0.05, 0) is 4.92 Å². The van der Waals surface area contributed by atoms with Crippen molar-refractivity contribution in [2.45, 2.75) is 77.2 Å². The number of nitrogens with one attached hydrogen (secondary N) is 1. The van der Waals surface area contributed by atoms with E-state index in [1.807, 2.05) is 0 Å². The predicted molar refractivity (Wildman–Crippen MR) is 129 cm³/mol. The van der Waals surface area contributed by atoms with Gasteiger partial charge < -0.3 is 43.9 Å². The summed E-state index contributed by atoms with van der Waals surface area (Å²) in [5.41, 5.74) is -2.51. The van der Waals surface area contributed by atoms with Gasteiger partial charge in [-0.2, -0.15) is 4.57 Å². The molecule has 41 heavy (non-hydrogen) atoms. The number of rotatable bonds is 11. The van der Waals surface area contributed by atoms with Crippen LogP contribution in [0.4, 0.5) is 5.95 Å². The average molecular weight is 587 g/mol. The minimum atomic E-state index is -2.51. The van der Waals surface area contributed by atoms with Gasteiger partial charge in [0.1, 0.15) is 31.2 Å². The van der Waals surface area contributed by atoms with E-state index < -0.39 is 95.8 Å². The Morgan fingerprint density at radius 2 is 1.73 bits per heavy atom. The maximum Gasteiger partial charge on any atom is 0.437 e. The van der Waals surface area contributed by atoms with Crippen molar-refractivity contribution in [3.8, 4) is 0 Å². The summed E-state index contributed by atoms with van der Waals surface area (Å²) < 4.78 is 32.8. The van der Waals surface area contributed by atoms with Crippen LogP contribution in [0.15, 0.2) is 12.4 Å². The van der Waals surface area contributed by atoms with Crippen LogP contribution in [0.3, 0.4) is 0 Å². The summed E-state index contributed by atoms with van der Waals surface area (Å²) in [6, 6.07) is -1.42. The van der Waals surface area contributed by atoms with Crippen LogP contribution in [0.1, 0.15) is 41.0 Å². The van der Waals surface area contributed by atoms with Gasteiger partial charge in [0, 0.05) is 34.6 Å². The highest BCUT2D eigenvalue weighted by Gasteiger charge is 2.62. The van der Waals surface area contributed by atoms with Gasteiger partial charge in [-0.25, -0.2) is 4.79 Å². The summed E-state index contributed by atoms with van der Waals surface area (Å²) >= 11 is 0. The topological polar surface area (TPSA) is 231 Å². The Bertz CT molecular complexity index is 1200. The van der Waals surface area contributed by atoms with Crippen molar-refractivity contribution in [1.29, 1.82) is 0 Å². The molecule has 0 radical (unpaired) electrons. The Balaban J connectivity index is 2.89. The van der Waals surface area contributed by atoms with Crippen LogP contribution < -0.4 is 5.32 Å². The Morgan fingerprint density at radius 3 is 2.22 bits per heavy atom. The molecule has 1 aliphatic rings. The lowest BCUT2D eigenvalue weighted by Gasteiger charge is -2.47. The van der Waals surface area contributed by atoms with Crippen molar-refractivity contribution < 1.29 is 62.1 Å². The van der Waals surface area contributed by atoms with Crippen LogP contribution >= 0.6 is 0 Å². The van der Waals surface area contributed by atoms with E-state index in [0.717, 1.165) is 54.1 Å². The van der Waals surface area contributed by atoms with Crippen molar-refractivity contribution in [3.63, 3.8) is 0 Å². The molecular formula is C23H30N4O14. The summed E-state index contributed by atoms with van der Waals surface area (Å²) in [4.78, 5) is 88.1. The van der Waals surface area contributed by atoms with Crippen molar-refractivity contribution in [3.05, 3.63) is 22.5 Å². The molecule has 0 bridgehead atoms. The molecule has 18 nitrogen and oxygen atoms in total. The zero-order valence-electron chi connectivity index (χ0n) is 23.0. The van der Waals surface area contributed by atoms with Crippen LogP contribution in [0.5, 0.6) is 0 Å². The summed E-state index contributed by atoms with van der Waals surface area (Å²) in [5.74, 6) is -6.36. The lowest BCUT2D eigenvalue weighted by molar-refractivity contribution is -0.401. The third kappa shape index (κ3) is 7.96. The monoisotopic (exact) mass is 586 g/mol. The van der Waals surface area contributed by atoms with Gasteiger partial charge in [0.05, 0.1) is 19.6 Å². The fraction of sp³-hybridized carbons (Fsp3) is 0.609. The zero-order valence-corrected chi connectivity index (χ0v) is 23.0. The average Bonchev–Trinajstić information content (AvgIpc) is 3.36. The third-order valence-corrected chi connectivity index (χ3v) is 5.69. The smallest absolute Gasteiger partial charge is 0.437 e. The largest absolute Gasteiger partial charge is 0.464 e. The third-order valence-electron chi connectivity index (χ3n) is 5.69. The molecule has 1 aromatic heterocycles. The first-order valence-electron chi connectivity index (χ1n) is 12.0. The highest BCUT2D eigenvalue weighted by molar-refractivity contribution is 5.78. The number of carbonyl (C=O) groups excluding carboxylic acids is 6. The molecule has 18 heteroatoms. The number of carbonyl (C=O) groups is 6. The minimum Gasteiger partial charge on any atom is -0.464 e. The summed E-state index contributed by atoms with van der Waals surface area (Å²) in [5, 5.41) is 14.3. The van der Waals surface area contributed by atoms with Crippen molar-refractivity contribution in [2.75, 3.05) is 13.7 Å². The molecule has 226 valence electrons. The zero-order chi connectivity index (χ0) is 31.1. The second-order valence-electron chi connectivity index (χ2n) is 8.82. The maximum absolute atomic E-state index is 13.4. The molecule has 6 unspecified atom stereocenters. The summed E-state index contributed by atoms with van der Waals surface area (Å²) in [7, 11) is 0.956. The van der Waals surface area contributed by atoms with Gasteiger partial charge >= 0.3 is 35.8 Å². The van der Waals surface area contributed by atoms with E-state index in [2.05, 4.69) is 10.3 Å². The van der Waals surface area contributed by atoms with E-state index in [1.165, 1.54) is 0 Å². The molecule has 2 rings (SSSR count). The lowest BCUT2D eigenvalue weighted by atomic mass is 9.86. The molecule has 1 saturated heterocycles. The Morgan fingerprint density at radius 1 is 1.10 bits per heavy atom. The van der Waals surface area contributed by atoms with Crippen molar-refractivity contribution >= 4 is 41.7 Å². The standard InChI is InChI=1S/C23H30N4O14/c1-11(28)25-18-16(38-13(3)30)9-23(21(33)36-6,26-8-7-24-22(26)27(34)35)41-20(18)19(40-15(5)32)17(39-14(4)31)10-37-12(2)29/h7-8,16-20H,9-10H2,1-6H3,(H,25,28). The van der Waals surface area contributed by atoms with E-state index in [4.69, 9.17) is 28.4 Å². The molecule has 6 atom stereocenters. The first kappa shape index (κ1) is 32.6. The molecular weight excluding hydrogens is 556 g/mol. The maximum atomic E-state index is 13.4. The molecule has 0 aliphatic carbocycles. The molecule has 0 aromatic carbocycles. The first-order chi connectivity index (χ1) is 19.1. The minimum absolute atomic E-state index is 0.660. The molecule has 1 amide bonds. The fourth-order valence-corrected chi connectivity index (χ4v) is 4.38. The Labute approximate surface area is 232 Å². The van der Waals surface area contributed by atoms with Crippen LogP contribution in [-0.2, 0) is 62.9 Å². The Hall–Kier alpha value is -4.61. The van der Waals surface area contributed by atoms with E-state index in [-0.39, 0.29) is 0 Å². The van der Waals surface area contributed by atoms with Crippen LogP contribution in [0.2, 0.25) is 0 Å². The van der Waals surface area contributed by atoms with E-state index in [1.54, 1.807) is 0 Å². The van der Waals surface area contributed by atoms with Gasteiger partial charge in [-0.3, -0.25) is 24.0 Å². The quantitative estimate of drug-likeness (QED) is 0.146. The van der Waals surface area contributed by atoms with Gasteiger partial charge in [-0.15, -0.1) is 0 Å². The first-order valence-corrected chi connectivity index (χ1v) is 12.0. The number of esters is 5. The number of hydrogen-bond donors (Lipinski definition) is 1. The number of hydrogen-bond acceptors (Lipinski definition) is 15. The Kier molecular flexibility index (Phi) is 10.8. The second-order valence-corrected chi connectivity index (χ2v) is 8.82. The molecule has 1 aromatic rings. The number of amides is 1. The summed E-state index contributed by atoms with van der Waals surface area (Å²) in [6.45, 7) is 4.49. The van der Waals surface area contributed by atoms with E-state index in [0.29, 0.717) is 4.57 Å². The van der Waals surface area contributed by atoms with Crippen LogP contribution in [0, 0.1) is 10.1 Å². The van der Waals surface area contributed by atoms with E-state index >= 15 is 0 Å². The normalized spacial score (nSPS) is 23.2. The number of methoxy groups -OCH3 is 1. The van der Waals surface area contributed by atoms with Gasteiger partial charge in [0.25, 0.3) is 5.72 Å². The van der Waals surface area contributed by atoms with Crippen molar-refractivity contribution in [2.24, 2.45) is 0 Å². The molecule has 0 saturated carbocycles. The predicted octanol–water partition coefficient (Wildman–Crippen LogP) is -0.731. The van der Waals surface area contributed by atoms with Gasteiger partial charge in [-0.1, -0.05) is 4.98 Å². The number of imidazole rings is 1. The molecule has 1 N–H and O–H groups in total. The SMILES string of the molecule is COC(=O)C1(n2ccnc2[N+](=O)[O-])CC(OC(C)=O)C(NC(C)=O)C(C(OC(C)=O)C(COC(C)=O)OC(C)=O)O1. The summed E-state index contributed by atoms with van der Waals surface area (Å²) in [6.07, 6.45) is -5.26. The second kappa shape index (κ2) is 13.6. The molecule has 1 aliphatic heterocycles. The highest BCUT2D eigenvalue weighted by atomic mass is 16.7. The van der Waals surface area contributed by atoms with Crippen LogP contribution in [-0.4, -0.2) is 94.4 Å². The lowest BCUT2D eigenvalue weighted by Crippen LogP contribution is -2.69. The molecule has 0 spiro atoms. The number of nitro groups is 1. The number of ether oxygens (including phenoxy) is 6. The van der Waals surface area contributed by atoms with Crippen molar-refractivity contribution in [1.82, 2.24) is 14.9 Å². The van der Waals surface area contributed by atoms with Gasteiger partial charge in [0.2, 0.25) is 5.91 Å². The molecule has 2 heterocycles. The fourth-order valence-electron chi connectivity index (χ4n) is 4.38. The van der Waals surface area contributed by atoms with E-state index in [9.17, 15) is 38.9 Å². The highest BCUT2D eigenvalue weighted by Crippen LogP contribution is 2.41. The van der Waals surface area contributed by atoms with Crippen LogP contribution in [0.25, 0.3) is 0 Å². The molecule has 1 fully saturated rings.